The second kappa shape index (κ2) is 15.2. The maximum absolute atomic E-state index is 14.6. The number of nitrogens with zero attached hydrogens (tertiary/aromatic N) is 2. The molecule has 0 unspecified atom stereocenters. The molecule has 1 aliphatic rings. The zero-order chi connectivity index (χ0) is 32.7. The summed E-state index contributed by atoms with van der Waals surface area (Å²) < 4.78 is 29.3. The molecule has 1 atom stereocenters. The summed E-state index contributed by atoms with van der Waals surface area (Å²) >= 11 is 13.0. The molecule has 0 heterocycles. The van der Waals surface area contributed by atoms with Gasteiger partial charge in [0.1, 0.15) is 12.6 Å². The highest BCUT2D eigenvalue weighted by Gasteiger charge is 2.36. The van der Waals surface area contributed by atoms with Gasteiger partial charge in [-0.05, 0) is 66.8 Å². The van der Waals surface area contributed by atoms with Gasteiger partial charge >= 0.3 is 0 Å². The molecule has 1 saturated carbocycles. The van der Waals surface area contributed by atoms with Crippen molar-refractivity contribution in [1.82, 2.24) is 10.2 Å². The third kappa shape index (κ3) is 8.10. The highest BCUT2D eigenvalue weighted by Crippen LogP contribution is 2.29. The minimum Gasteiger partial charge on any atom is -0.352 e. The predicted octanol–water partition coefficient (Wildman–Crippen LogP) is 7.20. The Morgan fingerprint density at radius 3 is 2.13 bits per heavy atom. The number of amides is 2. The van der Waals surface area contributed by atoms with Crippen molar-refractivity contribution in [1.29, 1.82) is 0 Å². The molecule has 46 heavy (non-hydrogen) atoms. The van der Waals surface area contributed by atoms with Crippen molar-refractivity contribution in [3.8, 4) is 0 Å². The first-order valence-corrected chi connectivity index (χ1v) is 17.5. The third-order valence-corrected chi connectivity index (χ3v) is 10.9. The standard InChI is InChI=1S/C36H37Cl2N3O4S/c1-26-20-21-30(23-33(26)38)41(46(44,45)31-17-6-3-7-18-31)25-35(42)40(24-28-14-8-11-19-32(28)37)34(22-27-12-4-2-5-13-27)36(43)39-29-15-9-10-16-29/h2-8,11-14,17-21,23,29,34H,9-10,15-16,22,24-25H2,1H3,(H,39,43)/t34-/m0/s1. The van der Waals surface area contributed by atoms with Crippen LogP contribution in [-0.2, 0) is 32.6 Å². The monoisotopic (exact) mass is 677 g/mol. The van der Waals surface area contributed by atoms with Crippen molar-refractivity contribution in [3.63, 3.8) is 0 Å². The summed E-state index contributed by atoms with van der Waals surface area (Å²) in [4.78, 5) is 30.2. The first-order chi connectivity index (χ1) is 22.1. The second-order valence-corrected chi connectivity index (χ2v) is 14.2. The molecule has 7 nitrogen and oxygen atoms in total. The lowest BCUT2D eigenvalue weighted by Gasteiger charge is -2.34. The molecule has 2 amide bonds. The van der Waals surface area contributed by atoms with E-state index in [2.05, 4.69) is 5.32 Å². The van der Waals surface area contributed by atoms with Gasteiger partial charge in [0, 0.05) is 29.1 Å². The molecule has 240 valence electrons. The van der Waals surface area contributed by atoms with E-state index in [1.807, 2.05) is 43.3 Å². The molecule has 0 saturated heterocycles. The molecule has 0 aromatic heterocycles. The van der Waals surface area contributed by atoms with Crippen LogP contribution in [0.2, 0.25) is 10.0 Å². The fourth-order valence-corrected chi connectivity index (χ4v) is 7.51. The maximum Gasteiger partial charge on any atom is 0.264 e. The summed E-state index contributed by atoms with van der Waals surface area (Å²) in [5.74, 6) is -0.842. The minimum absolute atomic E-state index is 0.00196. The molecule has 5 rings (SSSR count). The van der Waals surface area contributed by atoms with E-state index in [9.17, 15) is 18.0 Å². The lowest BCUT2D eigenvalue weighted by molar-refractivity contribution is -0.140. The number of hydrogen-bond donors (Lipinski definition) is 1. The van der Waals surface area contributed by atoms with Crippen LogP contribution in [0, 0.1) is 6.92 Å². The number of sulfonamides is 1. The Morgan fingerprint density at radius 2 is 1.48 bits per heavy atom. The van der Waals surface area contributed by atoms with Gasteiger partial charge in [0.05, 0.1) is 10.6 Å². The summed E-state index contributed by atoms with van der Waals surface area (Å²) in [6.07, 6.45) is 4.04. The Balaban J connectivity index is 1.58. The Kier molecular flexibility index (Phi) is 11.0. The first kappa shape index (κ1) is 33.5. The van der Waals surface area contributed by atoms with Crippen LogP contribution in [0.4, 0.5) is 5.69 Å². The average Bonchev–Trinajstić information content (AvgIpc) is 3.57. The Hall–Kier alpha value is -3.85. The Bertz CT molecular complexity index is 1760. The van der Waals surface area contributed by atoms with Gasteiger partial charge in [0.25, 0.3) is 10.0 Å². The van der Waals surface area contributed by atoms with Gasteiger partial charge in [-0.3, -0.25) is 13.9 Å². The molecule has 1 N–H and O–H groups in total. The van der Waals surface area contributed by atoms with Crippen LogP contribution < -0.4 is 9.62 Å². The van der Waals surface area contributed by atoms with Gasteiger partial charge in [-0.2, -0.15) is 0 Å². The van der Waals surface area contributed by atoms with E-state index in [1.54, 1.807) is 48.5 Å². The zero-order valence-corrected chi connectivity index (χ0v) is 27.9. The van der Waals surface area contributed by atoms with Gasteiger partial charge in [0.15, 0.2) is 0 Å². The summed E-state index contributed by atoms with van der Waals surface area (Å²) in [6.45, 7) is 1.25. The smallest absolute Gasteiger partial charge is 0.264 e. The highest BCUT2D eigenvalue weighted by atomic mass is 35.5. The van der Waals surface area contributed by atoms with Crippen LogP contribution in [0.1, 0.15) is 42.4 Å². The minimum atomic E-state index is -4.22. The fraction of sp³-hybridized carbons (Fsp3) is 0.278. The van der Waals surface area contributed by atoms with Gasteiger partial charge in [-0.15, -0.1) is 0 Å². The molecule has 10 heteroatoms. The normalized spacial score (nSPS) is 14.1. The molecular weight excluding hydrogens is 641 g/mol. The fourth-order valence-electron chi connectivity index (χ4n) is 5.72. The highest BCUT2D eigenvalue weighted by molar-refractivity contribution is 7.92. The molecule has 4 aromatic carbocycles. The Labute approximate surface area is 281 Å². The molecule has 0 aliphatic heterocycles. The zero-order valence-electron chi connectivity index (χ0n) is 25.6. The molecule has 0 spiro atoms. The average molecular weight is 679 g/mol. The van der Waals surface area contributed by atoms with Crippen molar-refractivity contribution in [2.45, 2.75) is 62.6 Å². The van der Waals surface area contributed by atoms with Crippen LogP contribution in [0.25, 0.3) is 0 Å². The van der Waals surface area contributed by atoms with E-state index in [1.165, 1.54) is 23.1 Å². The number of anilines is 1. The number of rotatable bonds is 12. The van der Waals surface area contributed by atoms with Crippen LogP contribution in [0.5, 0.6) is 0 Å². The molecule has 1 aliphatic carbocycles. The molecule has 4 aromatic rings. The van der Waals surface area contributed by atoms with Gasteiger partial charge in [-0.1, -0.05) is 109 Å². The van der Waals surface area contributed by atoms with Crippen LogP contribution >= 0.6 is 23.2 Å². The Morgan fingerprint density at radius 1 is 0.848 bits per heavy atom. The lowest BCUT2D eigenvalue weighted by Crippen LogP contribution is -2.54. The molecule has 0 bridgehead atoms. The van der Waals surface area contributed by atoms with E-state index in [0.29, 0.717) is 15.6 Å². The predicted molar refractivity (Wildman–Crippen MR) is 183 cm³/mol. The van der Waals surface area contributed by atoms with E-state index in [-0.39, 0.29) is 35.5 Å². The van der Waals surface area contributed by atoms with Gasteiger partial charge in [-0.25, -0.2) is 8.42 Å². The number of benzene rings is 4. The van der Waals surface area contributed by atoms with Crippen molar-refractivity contribution in [2.24, 2.45) is 0 Å². The number of nitrogens with one attached hydrogen (secondary N) is 1. The summed E-state index contributed by atoms with van der Waals surface area (Å²) in [6, 6.07) is 28.5. The van der Waals surface area contributed by atoms with Crippen molar-refractivity contribution >= 4 is 50.7 Å². The SMILES string of the molecule is Cc1ccc(N(CC(=O)N(Cc2ccccc2Cl)[C@@H](Cc2ccccc2)C(=O)NC2CCCC2)S(=O)(=O)c2ccccc2)cc1Cl. The van der Waals surface area contributed by atoms with E-state index < -0.39 is 28.5 Å². The topological polar surface area (TPSA) is 86.8 Å². The number of carbonyl (C=O) groups is 2. The number of halogens is 2. The largest absolute Gasteiger partial charge is 0.352 e. The summed E-state index contributed by atoms with van der Waals surface area (Å²) in [7, 11) is -4.22. The van der Waals surface area contributed by atoms with Crippen molar-refractivity contribution in [3.05, 3.63) is 130 Å². The summed E-state index contributed by atoms with van der Waals surface area (Å²) in [5, 5.41) is 3.98. The number of hydrogen-bond acceptors (Lipinski definition) is 4. The van der Waals surface area contributed by atoms with Crippen LogP contribution in [-0.4, -0.2) is 43.8 Å². The second-order valence-electron chi connectivity index (χ2n) is 11.6. The van der Waals surface area contributed by atoms with Crippen molar-refractivity contribution in [2.75, 3.05) is 10.8 Å². The van der Waals surface area contributed by atoms with Gasteiger partial charge in [0.2, 0.25) is 11.8 Å². The quantitative estimate of drug-likeness (QED) is 0.172. The molecule has 0 radical (unpaired) electrons. The van der Waals surface area contributed by atoms with Crippen molar-refractivity contribution < 1.29 is 18.0 Å². The summed E-state index contributed by atoms with van der Waals surface area (Å²) in [5.41, 5.74) is 2.51. The number of carbonyl (C=O) groups excluding carboxylic acids is 2. The van der Waals surface area contributed by atoms with E-state index in [4.69, 9.17) is 23.2 Å². The molecule has 1 fully saturated rings. The van der Waals surface area contributed by atoms with Crippen LogP contribution in [0.3, 0.4) is 0 Å². The third-order valence-electron chi connectivity index (χ3n) is 8.32. The van der Waals surface area contributed by atoms with E-state index >= 15 is 0 Å². The van der Waals surface area contributed by atoms with E-state index in [0.717, 1.165) is 41.1 Å². The van der Waals surface area contributed by atoms with Gasteiger partial charge < -0.3 is 10.2 Å². The number of aryl methyl sites for hydroxylation is 1. The maximum atomic E-state index is 14.6. The lowest BCUT2D eigenvalue weighted by atomic mass is 10.0. The first-order valence-electron chi connectivity index (χ1n) is 15.3. The molecular formula is C36H37Cl2N3O4S. The van der Waals surface area contributed by atoms with Crippen LogP contribution in [0.15, 0.2) is 108 Å².